The van der Waals surface area contributed by atoms with Crippen LogP contribution in [0.25, 0.3) is 11.3 Å². The fourth-order valence-corrected chi connectivity index (χ4v) is 9.60. The first-order valence-corrected chi connectivity index (χ1v) is 21.8. The van der Waals surface area contributed by atoms with Crippen LogP contribution >= 0.6 is 0 Å². The first-order valence-electron chi connectivity index (χ1n) is 21.8. The number of carbonyl (C=O) groups excluding carboxylic acids is 6. The summed E-state index contributed by atoms with van der Waals surface area (Å²) in [5, 5.41) is 10.5. The fourth-order valence-electron chi connectivity index (χ4n) is 9.60. The summed E-state index contributed by atoms with van der Waals surface area (Å²) in [5.74, 6) is -0.345. The molecule has 0 saturated carbocycles. The number of aromatic nitrogens is 2. The number of nitrogens with zero attached hydrogens (tertiary/aromatic N) is 6. The van der Waals surface area contributed by atoms with Crippen LogP contribution in [0.5, 0.6) is 11.5 Å². The minimum Gasteiger partial charge on any atom is -0.457 e. The summed E-state index contributed by atoms with van der Waals surface area (Å²) in [5.41, 5.74) is 11.2. The summed E-state index contributed by atoms with van der Waals surface area (Å²) in [4.78, 5) is 85.2. The van der Waals surface area contributed by atoms with E-state index >= 15 is 0 Å². The van der Waals surface area contributed by atoms with Gasteiger partial charge in [-0.1, -0.05) is 24.3 Å². The largest absolute Gasteiger partial charge is 0.457 e. The smallest absolute Gasteiger partial charge is 0.262 e. The zero-order valence-electron chi connectivity index (χ0n) is 35.1. The number of amides is 6. The maximum atomic E-state index is 13.9. The van der Waals surface area contributed by atoms with Gasteiger partial charge in [0, 0.05) is 81.3 Å². The third kappa shape index (κ3) is 7.74. The van der Waals surface area contributed by atoms with E-state index in [-0.39, 0.29) is 35.4 Å². The second-order valence-corrected chi connectivity index (χ2v) is 17.0. The first-order chi connectivity index (χ1) is 31.1. The summed E-state index contributed by atoms with van der Waals surface area (Å²) >= 11 is 0. The number of aryl methyl sites for hydroxylation is 2. The molecule has 0 aliphatic carbocycles. The van der Waals surface area contributed by atoms with E-state index in [9.17, 15) is 28.8 Å². The average Bonchev–Trinajstić information content (AvgIpc) is 3.72. The molecule has 4 N–H and O–H groups in total. The van der Waals surface area contributed by atoms with Gasteiger partial charge >= 0.3 is 0 Å². The number of para-hydroxylation sites is 1. The van der Waals surface area contributed by atoms with Crippen molar-refractivity contribution in [3.05, 3.63) is 119 Å². The molecule has 6 heterocycles. The van der Waals surface area contributed by atoms with Crippen molar-refractivity contribution in [1.29, 1.82) is 0 Å². The number of hydrogen-bond acceptors (Lipinski definition) is 11. The lowest BCUT2D eigenvalue weighted by molar-refractivity contribution is -0.136. The maximum Gasteiger partial charge on any atom is 0.262 e. The van der Waals surface area contributed by atoms with Gasteiger partial charge in [0.2, 0.25) is 11.8 Å². The van der Waals surface area contributed by atoms with Crippen LogP contribution in [0.4, 0.5) is 17.2 Å². The zero-order chi connectivity index (χ0) is 44.1. The third-order valence-electron chi connectivity index (χ3n) is 13.1. The highest BCUT2D eigenvalue weighted by Crippen LogP contribution is 2.37. The van der Waals surface area contributed by atoms with Crippen LogP contribution in [-0.2, 0) is 22.6 Å². The number of imide groups is 2. The number of ether oxygens (including phenoxy) is 1. The topological polar surface area (TPSA) is 193 Å². The fraction of sp³-hybridized carbons (Fsp3) is 0.312. The van der Waals surface area contributed by atoms with Gasteiger partial charge in [-0.3, -0.25) is 43.9 Å². The number of fused-ring (bicyclic) bond motifs is 3. The molecular formula is C48H47N9O7. The molecule has 5 aliphatic rings. The molecule has 1 aromatic heterocycles. The van der Waals surface area contributed by atoms with E-state index in [0.717, 1.165) is 78.7 Å². The Morgan fingerprint density at radius 2 is 1.47 bits per heavy atom. The molecule has 64 heavy (non-hydrogen) atoms. The number of nitrogens with two attached hydrogens (primary N) is 1. The van der Waals surface area contributed by atoms with Crippen molar-refractivity contribution in [3.8, 4) is 22.8 Å². The summed E-state index contributed by atoms with van der Waals surface area (Å²) < 4.78 is 7.72. The van der Waals surface area contributed by atoms with Gasteiger partial charge in [-0.2, -0.15) is 5.10 Å². The van der Waals surface area contributed by atoms with Gasteiger partial charge in [-0.15, -0.1) is 0 Å². The number of hydrogen-bond donors (Lipinski definition) is 3. The molecule has 3 fully saturated rings. The highest BCUT2D eigenvalue weighted by molar-refractivity contribution is 6.23. The standard InChI is InChI=1S/C48H47N9O7/c49-43(59)41-42(31-8-11-35(12-9-31)64-34-4-2-1-3-5-34)52-56-21-18-30-6-7-32(26-38(30)50-44(41)56)46(61)55-24-22-53(23-25-55)28-29-16-19-54(20-17-29)33-10-13-36-37(27-33)48(63)57(47(36)62)39-14-15-40(58)51-45(39)60/h1-13,26-27,29,39,50H,14-25,28H2,(H2,49,59)(H,51,58,60). The van der Waals surface area contributed by atoms with Gasteiger partial charge in [0.1, 0.15) is 34.6 Å². The van der Waals surface area contributed by atoms with E-state index in [1.54, 1.807) is 16.8 Å². The molecule has 10 rings (SSSR count). The van der Waals surface area contributed by atoms with E-state index in [0.29, 0.717) is 54.8 Å². The highest BCUT2D eigenvalue weighted by Gasteiger charge is 2.45. The molecule has 326 valence electrons. The summed E-state index contributed by atoms with van der Waals surface area (Å²) in [6, 6.07) is 26.9. The predicted octanol–water partition coefficient (Wildman–Crippen LogP) is 4.82. The molecular weight excluding hydrogens is 815 g/mol. The molecule has 3 saturated heterocycles. The van der Waals surface area contributed by atoms with Gasteiger partial charge in [-0.05, 0) is 104 Å². The average molecular weight is 862 g/mol. The molecule has 6 amide bonds. The van der Waals surface area contributed by atoms with Crippen molar-refractivity contribution in [2.75, 3.05) is 56.0 Å². The Balaban J connectivity index is 0.736. The second kappa shape index (κ2) is 16.7. The van der Waals surface area contributed by atoms with Crippen molar-refractivity contribution in [3.63, 3.8) is 0 Å². The molecule has 0 bridgehead atoms. The van der Waals surface area contributed by atoms with Crippen LogP contribution in [0.1, 0.15) is 72.7 Å². The van der Waals surface area contributed by atoms with Crippen molar-refractivity contribution in [2.24, 2.45) is 11.7 Å². The number of piperidine rings is 2. The molecule has 0 spiro atoms. The third-order valence-corrected chi connectivity index (χ3v) is 13.1. The van der Waals surface area contributed by atoms with Gasteiger partial charge < -0.3 is 25.6 Å². The Bertz CT molecular complexity index is 2700. The van der Waals surface area contributed by atoms with Crippen LogP contribution in [0.15, 0.2) is 91.0 Å². The van der Waals surface area contributed by atoms with E-state index < -0.39 is 35.6 Å². The summed E-state index contributed by atoms with van der Waals surface area (Å²) in [7, 11) is 0. The SMILES string of the molecule is NC(=O)c1c(-c2ccc(Oc3ccccc3)cc2)nn2c1Nc1cc(C(=O)N3CCN(CC4CCN(c5ccc6c(c5)C(=O)N(C5CCC(=O)NC5=O)C6=O)CC4)CC3)ccc1CC2. The quantitative estimate of drug-likeness (QED) is 0.172. The number of piperazine rings is 1. The monoisotopic (exact) mass is 861 g/mol. The lowest BCUT2D eigenvalue weighted by Crippen LogP contribution is -2.54. The number of anilines is 3. The number of benzene rings is 4. The molecule has 0 radical (unpaired) electrons. The van der Waals surface area contributed by atoms with E-state index in [1.165, 1.54) is 0 Å². The number of carbonyl (C=O) groups is 6. The normalized spacial score (nSPS) is 19.1. The van der Waals surface area contributed by atoms with Crippen molar-refractivity contribution in [1.82, 2.24) is 29.8 Å². The second-order valence-electron chi connectivity index (χ2n) is 17.0. The van der Waals surface area contributed by atoms with E-state index in [2.05, 4.69) is 20.4 Å². The minimum atomic E-state index is -0.991. The lowest BCUT2D eigenvalue weighted by Gasteiger charge is -2.39. The van der Waals surface area contributed by atoms with Crippen LogP contribution < -0.4 is 26.0 Å². The molecule has 16 nitrogen and oxygen atoms in total. The molecule has 4 aromatic carbocycles. The van der Waals surface area contributed by atoms with Crippen molar-refractivity contribution >= 4 is 52.6 Å². The zero-order valence-corrected chi connectivity index (χ0v) is 35.1. The van der Waals surface area contributed by atoms with Gasteiger partial charge in [0.25, 0.3) is 23.6 Å². The van der Waals surface area contributed by atoms with Gasteiger partial charge in [-0.25, -0.2) is 4.68 Å². The van der Waals surface area contributed by atoms with Gasteiger partial charge in [0.15, 0.2) is 0 Å². The first kappa shape index (κ1) is 40.7. The molecule has 5 aromatic rings. The van der Waals surface area contributed by atoms with Crippen LogP contribution in [-0.4, -0.2) is 112 Å². The van der Waals surface area contributed by atoms with Crippen molar-refractivity contribution in [2.45, 2.75) is 44.7 Å². The Morgan fingerprint density at radius 3 is 2.20 bits per heavy atom. The number of primary amides is 1. The predicted molar refractivity (Wildman–Crippen MR) is 237 cm³/mol. The minimum absolute atomic E-state index is 0.0429. The number of nitrogens with one attached hydrogen (secondary N) is 2. The Kier molecular flexibility index (Phi) is 10.7. The Labute approximate surface area is 368 Å². The van der Waals surface area contributed by atoms with Crippen LogP contribution in [0, 0.1) is 5.92 Å². The van der Waals surface area contributed by atoms with Crippen molar-refractivity contribution < 1.29 is 33.5 Å². The molecule has 1 unspecified atom stereocenters. The van der Waals surface area contributed by atoms with Gasteiger partial charge in [0.05, 0.1) is 11.1 Å². The lowest BCUT2D eigenvalue weighted by atomic mass is 9.95. The van der Waals surface area contributed by atoms with E-state index in [1.807, 2.05) is 83.8 Å². The molecule has 1 atom stereocenters. The van der Waals surface area contributed by atoms with E-state index in [4.69, 9.17) is 15.6 Å². The Hall–Kier alpha value is -7.33. The summed E-state index contributed by atoms with van der Waals surface area (Å²) in [6.45, 7) is 5.80. The maximum absolute atomic E-state index is 13.9. The number of rotatable bonds is 9. The van der Waals surface area contributed by atoms with Crippen LogP contribution in [0.2, 0.25) is 0 Å². The van der Waals surface area contributed by atoms with Crippen LogP contribution in [0.3, 0.4) is 0 Å². The summed E-state index contributed by atoms with van der Waals surface area (Å²) in [6.07, 6.45) is 2.76. The highest BCUT2D eigenvalue weighted by atomic mass is 16.5. The Morgan fingerprint density at radius 1 is 0.734 bits per heavy atom. The molecule has 16 heteroatoms. The molecule has 5 aliphatic heterocycles.